The summed E-state index contributed by atoms with van der Waals surface area (Å²) in [6.07, 6.45) is 0. The number of methoxy groups -OCH3 is 1. The van der Waals surface area contributed by atoms with Crippen molar-refractivity contribution in [2.45, 2.75) is 33.9 Å². The molecule has 0 aliphatic carbocycles. The van der Waals surface area contributed by atoms with E-state index in [0.717, 1.165) is 5.56 Å². The maximum Gasteiger partial charge on any atom is 0.343 e. The fraction of sp³-hybridized carbons (Fsp3) is 0.400. The molecule has 1 N–H and O–H groups in total. The number of aromatic nitrogens is 2. The highest BCUT2D eigenvalue weighted by Gasteiger charge is 2.22. The highest BCUT2D eigenvalue weighted by atomic mass is 35.5. The first-order valence-electron chi connectivity index (χ1n) is 9.06. The second-order valence-corrected chi connectivity index (χ2v) is 7.23. The van der Waals surface area contributed by atoms with Crippen LogP contribution < -0.4 is 5.32 Å². The molecule has 29 heavy (non-hydrogen) atoms. The van der Waals surface area contributed by atoms with Crippen molar-refractivity contribution < 1.29 is 23.9 Å². The van der Waals surface area contributed by atoms with E-state index >= 15 is 0 Å². The Kier molecular flexibility index (Phi) is 7.78. The van der Waals surface area contributed by atoms with Gasteiger partial charge in [-0.1, -0.05) is 37.6 Å². The third-order valence-electron chi connectivity index (χ3n) is 4.01. The number of esters is 2. The van der Waals surface area contributed by atoms with Gasteiger partial charge in [0.2, 0.25) is 0 Å². The molecule has 0 bridgehead atoms. The molecule has 0 saturated heterocycles. The fourth-order valence-electron chi connectivity index (χ4n) is 2.58. The molecule has 1 amide bonds. The minimum absolute atomic E-state index is 0.165. The van der Waals surface area contributed by atoms with Crippen molar-refractivity contribution >= 4 is 29.4 Å². The standard InChI is InChI=1S/C20H24ClN3O5/c1-12(2)10-24-18(21)17(13(3)23-24)20(27)29-11-16(25)22-9-14-5-7-15(8-6-14)19(26)28-4/h5-8,12H,9-11H2,1-4H3,(H,22,25). The third kappa shape index (κ3) is 6.05. The number of hydrogen-bond acceptors (Lipinski definition) is 6. The van der Waals surface area contributed by atoms with Crippen molar-refractivity contribution in [2.75, 3.05) is 13.7 Å². The van der Waals surface area contributed by atoms with Crippen molar-refractivity contribution in [2.24, 2.45) is 5.92 Å². The summed E-state index contributed by atoms with van der Waals surface area (Å²) >= 11 is 6.24. The Morgan fingerprint density at radius 1 is 1.17 bits per heavy atom. The van der Waals surface area contributed by atoms with Crippen LogP contribution in [0.1, 0.15) is 45.8 Å². The van der Waals surface area contributed by atoms with Crippen molar-refractivity contribution in [3.05, 3.63) is 51.8 Å². The van der Waals surface area contributed by atoms with E-state index in [1.807, 2.05) is 13.8 Å². The summed E-state index contributed by atoms with van der Waals surface area (Å²) in [6.45, 7) is 6.05. The predicted octanol–water partition coefficient (Wildman–Crippen LogP) is 2.76. The van der Waals surface area contributed by atoms with Gasteiger partial charge in [-0.2, -0.15) is 5.10 Å². The van der Waals surface area contributed by atoms with Crippen molar-refractivity contribution in [3.63, 3.8) is 0 Å². The number of rotatable bonds is 8. The normalized spacial score (nSPS) is 10.7. The lowest BCUT2D eigenvalue weighted by molar-refractivity contribution is -0.124. The quantitative estimate of drug-likeness (QED) is 0.658. The van der Waals surface area contributed by atoms with E-state index in [-0.39, 0.29) is 17.3 Å². The van der Waals surface area contributed by atoms with Gasteiger partial charge in [-0.25, -0.2) is 9.59 Å². The molecule has 0 spiro atoms. The van der Waals surface area contributed by atoms with Crippen LogP contribution in [-0.2, 0) is 27.4 Å². The number of carbonyl (C=O) groups is 3. The van der Waals surface area contributed by atoms with Gasteiger partial charge in [-0.3, -0.25) is 9.48 Å². The minimum atomic E-state index is -0.694. The molecule has 1 heterocycles. The average Bonchev–Trinajstić information content (AvgIpc) is 2.96. The highest BCUT2D eigenvalue weighted by molar-refractivity contribution is 6.32. The summed E-state index contributed by atoms with van der Waals surface area (Å²) < 4.78 is 11.3. The summed E-state index contributed by atoms with van der Waals surface area (Å²) in [5.74, 6) is -1.28. The van der Waals surface area contributed by atoms with E-state index in [1.165, 1.54) is 7.11 Å². The third-order valence-corrected chi connectivity index (χ3v) is 4.39. The van der Waals surface area contributed by atoms with Crippen LogP contribution in [-0.4, -0.2) is 41.3 Å². The van der Waals surface area contributed by atoms with Gasteiger partial charge in [-0.15, -0.1) is 0 Å². The largest absolute Gasteiger partial charge is 0.465 e. The molecule has 9 heteroatoms. The molecule has 0 aliphatic heterocycles. The molecular weight excluding hydrogens is 398 g/mol. The number of aryl methyl sites for hydroxylation is 1. The lowest BCUT2D eigenvalue weighted by Crippen LogP contribution is -2.28. The van der Waals surface area contributed by atoms with E-state index in [0.29, 0.717) is 23.7 Å². The molecule has 0 unspecified atom stereocenters. The van der Waals surface area contributed by atoms with Crippen LogP contribution in [0.4, 0.5) is 0 Å². The molecule has 2 aromatic rings. The van der Waals surface area contributed by atoms with Crippen LogP contribution in [0.3, 0.4) is 0 Å². The summed E-state index contributed by atoms with van der Waals surface area (Å²) in [5, 5.41) is 7.09. The minimum Gasteiger partial charge on any atom is -0.465 e. The molecular formula is C20H24ClN3O5. The van der Waals surface area contributed by atoms with Gasteiger partial charge in [-0.05, 0) is 30.5 Å². The molecule has 0 aliphatic rings. The van der Waals surface area contributed by atoms with Gasteiger partial charge in [0.15, 0.2) is 6.61 Å². The Bertz CT molecular complexity index is 890. The first-order valence-corrected chi connectivity index (χ1v) is 9.44. The monoisotopic (exact) mass is 421 g/mol. The molecule has 2 rings (SSSR count). The van der Waals surface area contributed by atoms with Crippen molar-refractivity contribution in [1.82, 2.24) is 15.1 Å². The fourth-order valence-corrected chi connectivity index (χ4v) is 2.90. The number of carbonyl (C=O) groups excluding carboxylic acids is 3. The lowest BCUT2D eigenvalue weighted by Gasteiger charge is -2.08. The zero-order valence-corrected chi connectivity index (χ0v) is 17.6. The second-order valence-electron chi connectivity index (χ2n) is 6.87. The first-order chi connectivity index (χ1) is 13.7. The molecule has 1 aromatic carbocycles. The van der Waals surface area contributed by atoms with Gasteiger partial charge in [0.1, 0.15) is 10.7 Å². The zero-order chi connectivity index (χ0) is 21.6. The summed E-state index contributed by atoms with van der Waals surface area (Å²) in [5.41, 5.74) is 1.82. The number of benzene rings is 1. The van der Waals surface area contributed by atoms with E-state index in [2.05, 4.69) is 15.2 Å². The summed E-state index contributed by atoms with van der Waals surface area (Å²) in [4.78, 5) is 35.7. The number of halogens is 1. The average molecular weight is 422 g/mol. The number of amides is 1. The smallest absolute Gasteiger partial charge is 0.343 e. The van der Waals surface area contributed by atoms with Crippen LogP contribution in [0, 0.1) is 12.8 Å². The maximum atomic E-state index is 12.3. The summed E-state index contributed by atoms with van der Waals surface area (Å²) in [7, 11) is 1.31. The van der Waals surface area contributed by atoms with Gasteiger partial charge in [0, 0.05) is 13.1 Å². The molecule has 0 atom stereocenters. The SMILES string of the molecule is COC(=O)c1ccc(CNC(=O)COC(=O)c2c(C)nn(CC(C)C)c2Cl)cc1. The molecule has 1 aromatic heterocycles. The second kappa shape index (κ2) is 10.1. The topological polar surface area (TPSA) is 99.5 Å². The number of ether oxygens (including phenoxy) is 2. The molecule has 156 valence electrons. The Morgan fingerprint density at radius 2 is 1.83 bits per heavy atom. The van der Waals surface area contributed by atoms with Crippen LogP contribution in [0.2, 0.25) is 5.15 Å². The van der Waals surface area contributed by atoms with Gasteiger partial charge in [0.05, 0.1) is 18.4 Å². The van der Waals surface area contributed by atoms with Crippen LogP contribution >= 0.6 is 11.6 Å². The van der Waals surface area contributed by atoms with Crippen LogP contribution in [0.15, 0.2) is 24.3 Å². The Labute approximate surface area is 174 Å². The van der Waals surface area contributed by atoms with E-state index in [9.17, 15) is 14.4 Å². The van der Waals surface area contributed by atoms with Gasteiger partial charge in [0.25, 0.3) is 5.91 Å². The number of nitrogens with zero attached hydrogens (tertiary/aromatic N) is 2. The highest BCUT2D eigenvalue weighted by Crippen LogP contribution is 2.21. The Morgan fingerprint density at radius 3 is 2.41 bits per heavy atom. The zero-order valence-electron chi connectivity index (χ0n) is 16.8. The van der Waals surface area contributed by atoms with Crippen molar-refractivity contribution in [1.29, 1.82) is 0 Å². The molecule has 0 fully saturated rings. The Balaban J connectivity index is 1.87. The molecule has 0 radical (unpaired) electrons. The van der Waals surface area contributed by atoms with Crippen LogP contribution in [0.25, 0.3) is 0 Å². The van der Waals surface area contributed by atoms with Gasteiger partial charge >= 0.3 is 11.9 Å². The predicted molar refractivity (Wildman–Crippen MR) is 107 cm³/mol. The summed E-state index contributed by atoms with van der Waals surface area (Å²) in [6, 6.07) is 6.61. The maximum absolute atomic E-state index is 12.3. The molecule has 0 saturated carbocycles. The molecule has 8 nitrogen and oxygen atoms in total. The van der Waals surface area contributed by atoms with Crippen molar-refractivity contribution in [3.8, 4) is 0 Å². The van der Waals surface area contributed by atoms with Gasteiger partial charge < -0.3 is 14.8 Å². The number of hydrogen-bond donors (Lipinski definition) is 1. The number of nitrogens with one attached hydrogen (secondary N) is 1. The van der Waals surface area contributed by atoms with E-state index < -0.39 is 24.5 Å². The van der Waals surface area contributed by atoms with E-state index in [1.54, 1.807) is 35.9 Å². The van der Waals surface area contributed by atoms with E-state index in [4.69, 9.17) is 16.3 Å². The van der Waals surface area contributed by atoms with Crippen LogP contribution in [0.5, 0.6) is 0 Å². The lowest BCUT2D eigenvalue weighted by atomic mass is 10.1. The Hall–Kier alpha value is -2.87. The first kappa shape index (κ1) is 22.4.